The third kappa shape index (κ3) is 2.56. The first-order valence-electron chi connectivity index (χ1n) is 5.02. The SMILES string of the molecule is CCNC(CC)C(C)n1cccn1. The molecule has 0 spiro atoms. The van der Waals surface area contributed by atoms with Crippen molar-refractivity contribution in [2.24, 2.45) is 0 Å². The van der Waals surface area contributed by atoms with Gasteiger partial charge in [0, 0.05) is 18.4 Å². The zero-order valence-electron chi connectivity index (χ0n) is 8.70. The summed E-state index contributed by atoms with van der Waals surface area (Å²) in [5.41, 5.74) is 0. The van der Waals surface area contributed by atoms with Gasteiger partial charge in [0.1, 0.15) is 0 Å². The van der Waals surface area contributed by atoms with E-state index >= 15 is 0 Å². The zero-order chi connectivity index (χ0) is 9.68. The number of hydrogen-bond donors (Lipinski definition) is 1. The van der Waals surface area contributed by atoms with Gasteiger partial charge in [-0.2, -0.15) is 5.10 Å². The summed E-state index contributed by atoms with van der Waals surface area (Å²) < 4.78 is 2.01. The van der Waals surface area contributed by atoms with Crippen molar-refractivity contribution in [2.75, 3.05) is 6.54 Å². The summed E-state index contributed by atoms with van der Waals surface area (Å²) in [6.45, 7) is 7.56. The Morgan fingerprint density at radius 1 is 1.46 bits per heavy atom. The molecule has 0 bridgehead atoms. The number of nitrogens with one attached hydrogen (secondary N) is 1. The van der Waals surface area contributed by atoms with Crippen LogP contribution in [-0.4, -0.2) is 22.4 Å². The van der Waals surface area contributed by atoms with Crippen molar-refractivity contribution in [1.82, 2.24) is 15.1 Å². The number of likely N-dealkylation sites (N-methyl/N-ethyl adjacent to an activating group) is 1. The molecule has 74 valence electrons. The maximum atomic E-state index is 4.24. The van der Waals surface area contributed by atoms with Crippen molar-refractivity contribution in [2.45, 2.75) is 39.3 Å². The van der Waals surface area contributed by atoms with Crippen LogP contribution in [0.15, 0.2) is 18.5 Å². The van der Waals surface area contributed by atoms with Crippen LogP contribution in [-0.2, 0) is 0 Å². The third-order valence-corrected chi connectivity index (χ3v) is 2.43. The number of rotatable bonds is 5. The molecule has 3 heteroatoms. The second kappa shape index (κ2) is 5.02. The molecule has 1 aromatic heterocycles. The Hall–Kier alpha value is -0.830. The highest BCUT2D eigenvalue weighted by atomic mass is 15.3. The standard InChI is InChI=1S/C10H19N3/c1-4-10(11-5-2)9(3)13-8-6-7-12-13/h6-11H,4-5H2,1-3H3. The van der Waals surface area contributed by atoms with Crippen molar-refractivity contribution in [3.05, 3.63) is 18.5 Å². The molecule has 0 amide bonds. The van der Waals surface area contributed by atoms with E-state index in [0.717, 1.165) is 13.0 Å². The van der Waals surface area contributed by atoms with Gasteiger partial charge in [-0.1, -0.05) is 13.8 Å². The predicted molar refractivity (Wildman–Crippen MR) is 54.7 cm³/mol. The molecule has 1 heterocycles. The maximum Gasteiger partial charge on any atom is 0.0643 e. The highest BCUT2D eigenvalue weighted by Crippen LogP contribution is 2.11. The molecule has 0 radical (unpaired) electrons. The van der Waals surface area contributed by atoms with E-state index in [2.05, 4.69) is 31.2 Å². The Morgan fingerprint density at radius 3 is 2.69 bits per heavy atom. The van der Waals surface area contributed by atoms with Gasteiger partial charge >= 0.3 is 0 Å². The second-order valence-electron chi connectivity index (χ2n) is 3.30. The molecule has 1 rings (SSSR count). The van der Waals surface area contributed by atoms with Crippen LogP contribution in [0.1, 0.15) is 33.2 Å². The van der Waals surface area contributed by atoms with Crippen LogP contribution >= 0.6 is 0 Å². The molecule has 13 heavy (non-hydrogen) atoms. The van der Waals surface area contributed by atoms with E-state index in [1.807, 2.05) is 23.1 Å². The maximum absolute atomic E-state index is 4.24. The molecular weight excluding hydrogens is 162 g/mol. The van der Waals surface area contributed by atoms with Gasteiger partial charge in [-0.05, 0) is 26.0 Å². The molecule has 0 saturated heterocycles. The summed E-state index contributed by atoms with van der Waals surface area (Å²) in [5, 5.41) is 7.70. The van der Waals surface area contributed by atoms with Crippen LogP contribution in [0.4, 0.5) is 0 Å². The average molecular weight is 181 g/mol. The lowest BCUT2D eigenvalue weighted by Gasteiger charge is -2.23. The van der Waals surface area contributed by atoms with Crippen LogP contribution in [0.5, 0.6) is 0 Å². The van der Waals surface area contributed by atoms with Gasteiger partial charge in [0.25, 0.3) is 0 Å². The van der Waals surface area contributed by atoms with E-state index in [9.17, 15) is 0 Å². The van der Waals surface area contributed by atoms with Crippen LogP contribution in [0.3, 0.4) is 0 Å². The zero-order valence-corrected chi connectivity index (χ0v) is 8.70. The van der Waals surface area contributed by atoms with Crippen molar-refractivity contribution in [3.8, 4) is 0 Å². The first-order chi connectivity index (χ1) is 6.29. The largest absolute Gasteiger partial charge is 0.312 e. The van der Waals surface area contributed by atoms with Crippen LogP contribution in [0.2, 0.25) is 0 Å². The number of nitrogens with zero attached hydrogens (tertiary/aromatic N) is 2. The Morgan fingerprint density at radius 2 is 2.23 bits per heavy atom. The summed E-state index contributed by atoms with van der Waals surface area (Å²) >= 11 is 0. The molecule has 0 aliphatic heterocycles. The van der Waals surface area contributed by atoms with Crippen LogP contribution < -0.4 is 5.32 Å². The summed E-state index contributed by atoms with van der Waals surface area (Å²) in [4.78, 5) is 0. The second-order valence-corrected chi connectivity index (χ2v) is 3.30. The van der Waals surface area contributed by atoms with E-state index in [0.29, 0.717) is 12.1 Å². The molecule has 2 unspecified atom stereocenters. The van der Waals surface area contributed by atoms with Gasteiger partial charge in [0.05, 0.1) is 6.04 Å². The van der Waals surface area contributed by atoms with Crippen LogP contribution in [0, 0.1) is 0 Å². The minimum absolute atomic E-state index is 0.431. The highest BCUT2D eigenvalue weighted by molar-refractivity contribution is 4.84. The Balaban J connectivity index is 2.58. The van der Waals surface area contributed by atoms with Crippen LogP contribution in [0.25, 0.3) is 0 Å². The van der Waals surface area contributed by atoms with Crippen molar-refractivity contribution in [3.63, 3.8) is 0 Å². The fourth-order valence-corrected chi connectivity index (χ4v) is 1.62. The summed E-state index contributed by atoms with van der Waals surface area (Å²) in [6.07, 6.45) is 4.98. The van der Waals surface area contributed by atoms with E-state index < -0.39 is 0 Å². The minimum Gasteiger partial charge on any atom is -0.312 e. The van der Waals surface area contributed by atoms with Gasteiger partial charge in [-0.25, -0.2) is 0 Å². The Labute approximate surface area is 80.1 Å². The molecule has 2 atom stereocenters. The van der Waals surface area contributed by atoms with Gasteiger partial charge < -0.3 is 5.32 Å². The molecule has 0 aromatic carbocycles. The number of aromatic nitrogens is 2. The van der Waals surface area contributed by atoms with Crippen molar-refractivity contribution >= 4 is 0 Å². The molecule has 1 aromatic rings. The summed E-state index contributed by atoms with van der Waals surface area (Å²) in [7, 11) is 0. The van der Waals surface area contributed by atoms with Crippen molar-refractivity contribution < 1.29 is 0 Å². The molecule has 1 N–H and O–H groups in total. The molecule has 3 nitrogen and oxygen atoms in total. The van der Waals surface area contributed by atoms with Gasteiger partial charge in [-0.3, -0.25) is 4.68 Å². The molecule has 0 aliphatic rings. The van der Waals surface area contributed by atoms with E-state index in [1.165, 1.54) is 0 Å². The molecular formula is C10H19N3. The van der Waals surface area contributed by atoms with Gasteiger partial charge in [-0.15, -0.1) is 0 Å². The fourth-order valence-electron chi connectivity index (χ4n) is 1.62. The minimum atomic E-state index is 0.431. The van der Waals surface area contributed by atoms with Gasteiger partial charge in [0.15, 0.2) is 0 Å². The lowest BCUT2D eigenvalue weighted by molar-refractivity contribution is 0.344. The van der Waals surface area contributed by atoms with E-state index in [1.54, 1.807) is 0 Å². The topological polar surface area (TPSA) is 29.9 Å². The van der Waals surface area contributed by atoms with Crippen molar-refractivity contribution in [1.29, 1.82) is 0 Å². The number of hydrogen-bond acceptors (Lipinski definition) is 2. The Bertz CT molecular complexity index is 218. The smallest absolute Gasteiger partial charge is 0.0643 e. The first-order valence-corrected chi connectivity index (χ1v) is 5.02. The quantitative estimate of drug-likeness (QED) is 0.751. The highest BCUT2D eigenvalue weighted by Gasteiger charge is 2.15. The Kier molecular flexibility index (Phi) is 3.96. The third-order valence-electron chi connectivity index (χ3n) is 2.43. The monoisotopic (exact) mass is 181 g/mol. The normalized spacial score (nSPS) is 15.6. The van der Waals surface area contributed by atoms with E-state index in [-0.39, 0.29) is 0 Å². The fraction of sp³-hybridized carbons (Fsp3) is 0.700. The molecule has 0 saturated carbocycles. The summed E-state index contributed by atoms with van der Waals surface area (Å²) in [6, 6.07) is 2.92. The summed E-state index contributed by atoms with van der Waals surface area (Å²) in [5.74, 6) is 0. The first kappa shape index (κ1) is 10.3. The molecule has 0 fully saturated rings. The predicted octanol–water partition coefficient (Wildman–Crippen LogP) is 1.83. The van der Waals surface area contributed by atoms with Gasteiger partial charge in [0.2, 0.25) is 0 Å². The molecule has 0 aliphatic carbocycles. The lowest BCUT2D eigenvalue weighted by atomic mass is 10.1. The van der Waals surface area contributed by atoms with E-state index in [4.69, 9.17) is 0 Å². The lowest BCUT2D eigenvalue weighted by Crippen LogP contribution is -2.35. The average Bonchev–Trinajstić information content (AvgIpc) is 2.65.